The van der Waals surface area contributed by atoms with Crippen LogP contribution in [0.25, 0.3) is 0 Å². The monoisotopic (exact) mass is 373 g/mol. The van der Waals surface area contributed by atoms with Gasteiger partial charge < -0.3 is 10.1 Å². The maximum Gasteiger partial charge on any atom is 0.262 e. The lowest BCUT2D eigenvalue weighted by atomic mass is 10.3. The molecule has 0 atom stereocenters. The molecule has 0 heterocycles. The fourth-order valence-electron chi connectivity index (χ4n) is 1.71. The van der Waals surface area contributed by atoms with Gasteiger partial charge in [0.15, 0.2) is 16.4 Å². The zero-order valence-corrected chi connectivity index (χ0v) is 14.4. The van der Waals surface area contributed by atoms with Crippen LogP contribution in [-0.4, -0.2) is 27.2 Å². The number of amides is 1. The van der Waals surface area contributed by atoms with Gasteiger partial charge in [-0.15, -0.1) is 0 Å². The van der Waals surface area contributed by atoms with E-state index in [1.54, 1.807) is 12.1 Å². The van der Waals surface area contributed by atoms with Crippen molar-refractivity contribution in [1.29, 1.82) is 0 Å². The predicted molar refractivity (Wildman–Crippen MR) is 90.1 cm³/mol. The van der Waals surface area contributed by atoms with Crippen molar-refractivity contribution in [3.63, 3.8) is 0 Å². The normalized spacial score (nSPS) is 11.1. The van der Waals surface area contributed by atoms with Gasteiger partial charge in [-0.3, -0.25) is 4.79 Å². The van der Waals surface area contributed by atoms with E-state index in [0.29, 0.717) is 21.5 Å². The minimum absolute atomic E-state index is 0.183. The molecule has 0 aliphatic carbocycles. The first-order chi connectivity index (χ1) is 10.8. The first kappa shape index (κ1) is 17.6. The van der Waals surface area contributed by atoms with E-state index >= 15 is 0 Å². The number of rotatable bonds is 5. The first-order valence-corrected chi connectivity index (χ1v) is 9.08. The molecule has 0 spiro atoms. The molecule has 0 saturated heterocycles. The predicted octanol–water partition coefficient (Wildman–Crippen LogP) is 3.41. The fraction of sp³-hybridized carbons (Fsp3) is 0.133. The number of sulfone groups is 1. The van der Waals surface area contributed by atoms with Crippen molar-refractivity contribution in [2.45, 2.75) is 4.90 Å². The van der Waals surface area contributed by atoms with Crippen LogP contribution in [0.4, 0.5) is 5.69 Å². The summed E-state index contributed by atoms with van der Waals surface area (Å²) >= 11 is 11.7. The van der Waals surface area contributed by atoms with E-state index in [1.807, 2.05) is 0 Å². The number of carbonyl (C=O) groups excluding carboxylic acids is 1. The van der Waals surface area contributed by atoms with Gasteiger partial charge in [-0.05, 0) is 42.5 Å². The second-order valence-electron chi connectivity index (χ2n) is 4.70. The van der Waals surface area contributed by atoms with Crippen molar-refractivity contribution in [3.8, 4) is 5.75 Å². The van der Waals surface area contributed by atoms with Crippen molar-refractivity contribution in [3.05, 3.63) is 52.5 Å². The molecule has 2 rings (SSSR count). The van der Waals surface area contributed by atoms with Crippen LogP contribution in [0, 0.1) is 0 Å². The Morgan fingerprint density at radius 3 is 2.35 bits per heavy atom. The summed E-state index contributed by atoms with van der Waals surface area (Å²) in [4.78, 5) is 12.0. The Bertz CT molecular complexity index is 820. The summed E-state index contributed by atoms with van der Waals surface area (Å²) in [5.74, 6) is -0.0174. The van der Waals surface area contributed by atoms with Crippen molar-refractivity contribution in [2.75, 3.05) is 18.2 Å². The molecule has 0 unspecified atom stereocenters. The first-order valence-electron chi connectivity index (χ1n) is 6.43. The molecule has 0 aromatic heterocycles. The van der Waals surface area contributed by atoms with Gasteiger partial charge in [-0.25, -0.2) is 8.42 Å². The van der Waals surface area contributed by atoms with E-state index in [0.717, 1.165) is 6.26 Å². The van der Waals surface area contributed by atoms with Crippen LogP contribution >= 0.6 is 23.2 Å². The SMILES string of the molecule is CS(=O)(=O)c1ccc(OCC(=O)Nc2ccc(Cl)cc2Cl)cc1. The van der Waals surface area contributed by atoms with Crippen LogP contribution in [0.3, 0.4) is 0 Å². The van der Waals surface area contributed by atoms with E-state index in [2.05, 4.69) is 5.32 Å². The summed E-state index contributed by atoms with van der Waals surface area (Å²) in [5, 5.41) is 3.38. The highest BCUT2D eigenvalue weighted by Gasteiger charge is 2.09. The number of hydrogen-bond donors (Lipinski definition) is 1. The second-order valence-corrected chi connectivity index (χ2v) is 7.56. The van der Waals surface area contributed by atoms with Crippen LogP contribution in [0.5, 0.6) is 5.75 Å². The smallest absolute Gasteiger partial charge is 0.262 e. The number of benzene rings is 2. The Labute approximate surface area is 144 Å². The Balaban J connectivity index is 1.94. The third-order valence-corrected chi connectivity index (χ3v) is 4.50. The van der Waals surface area contributed by atoms with Crippen molar-refractivity contribution >= 4 is 44.6 Å². The van der Waals surface area contributed by atoms with Gasteiger partial charge >= 0.3 is 0 Å². The van der Waals surface area contributed by atoms with Crippen LogP contribution in [0.2, 0.25) is 10.0 Å². The highest BCUT2D eigenvalue weighted by atomic mass is 35.5. The molecule has 0 radical (unpaired) electrons. The van der Waals surface area contributed by atoms with Gasteiger partial charge in [0.25, 0.3) is 5.91 Å². The summed E-state index contributed by atoms with van der Waals surface area (Å²) in [6, 6.07) is 10.5. The summed E-state index contributed by atoms with van der Waals surface area (Å²) in [6.07, 6.45) is 1.12. The van der Waals surface area contributed by atoms with Crippen molar-refractivity contribution < 1.29 is 17.9 Å². The molecule has 0 saturated carbocycles. The van der Waals surface area contributed by atoms with Crippen molar-refractivity contribution in [1.82, 2.24) is 0 Å². The number of hydrogen-bond acceptors (Lipinski definition) is 4. The number of anilines is 1. The van der Waals surface area contributed by atoms with Crippen LogP contribution in [0.1, 0.15) is 0 Å². The second kappa shape index (κ2) is 7.21. The third kappa shape index (κ3) is 5.13. The summed E-state index contributed by atoms with van der Waals surface area (Å²) in [6.45, 7) is -0.239. The number of carbonyl (C=O) groups is 1. The molecule has 0 fully saturated rings. The molecule has 8 heteroatoms. The maximum absolute atomic E-state index is 11.8. The Kier molecular flexibility index (Phi) is 5.51. The van der Waals surface area contributed by atoms with E-state index in [4.69, 9.17) is 27.9 Å². The lowest BCUT2D eigenvalue weighted by Gasteiger charge is -2.09. The Morgan fingerprint density at radius 1 is 1.13 bits per heavy atom. The van der Waals surface area contributed by atoms with E-state index in [-0.39, 0.29) is 11.5 Å². The summed E-state index contributed by atoms with van der Waals surface area (Å²) < 4.78 is 28.0. The van der Waals surface area contributed by atoms with Gasteiger partial charge in [0, 0.05) is 11.3 Å². The van der Waals surface area contributed by atoms with Crippen LogP contribution < -0.4 is 10.1 Å². The summed E-state index contributed by atoms with van der Waals surface area (Å²) in [5.41, 5.74) is 0.428. The molecular formula is C15H13Cl2NO4S. The highest BCUT2D eigenvalue weighted by molar-refractivity contribution is 7.90. The third-order valence-electron chi connectivity index (χ3n) is 2.83. The molecule has 2 aromatic rings. The van der Waals surface area contributed by atoms with Gasteiger partial charge in [0.1, 0.15) is 5.75 Å². The highest BCUT2D eigenvalue weighted by Crippen LogP contribution is 2.25. The average Bonchev–Trinajstić information content (AvgIpc) is 2.47. The van der Waals surface area contributed by atoms with E-state index in [9.17, 15) is 13.2 Å². The van der Waals surface area contributed by atoms with E-state index < -0.39 is 15.7 Å². The molecular weight excluding hydrogens is 361 g/mol. The van der Waals surface area contributed by atoms with Gasteiger partial charge in [0.2, 0.25) is 0 Å². The number of halogens is 2. The quantitative estimate of drug-likeness (QED) is 0.871. The van der Waals surface area contributed by atoms with Crippen molar-refractivity contribution in [2.24, 2.45) is 0 Å². The molecule has 5 nitrogen and oxygen atoms in total. The topological polar surface area (TPSA) is 72.5 Å². The minimum Gasteiger partial charge on any atom is -0.484 e. The van der Waals surface area contributed by atoms with Gasteiger partial charge in [-0.2, -0.15) is 0 Å². The molecule has 0 bridgehead atoms. The number of ether oxygens (including phenoxy) is 1. The molecule has 1 amide bonds. The minimum atomic E-state index is -3.26. The standard InChI is InChI=1S/C15H13Cl2NO4S/c1-23(20,21)12-5-3-11(4-6-12)22-9-15(19)18-14-7-2-10(16)8-13(14)17/h2-8H,9H2,1H3,(H,18,19). The molecule has 2 aromatic carbocycles. The average molecular weight is 374 g/mol. The summed E-state index contributed by atoms with van der Waals surface area (Å²) in [7, 11) is -3.26. The molecule has 0 aliphatic rings. The van der Waals surface area contributed by atoms with Crippen LogP contribution in [0.15, 0.2) is 47.4 Å². The largest absolute Gasteiger partial charge is 0.484 e. The Morgan fingerprint density at radius 2 is 1.78 bits per heavy atom. The molecule has 122 valence electrons. The fourth-order valence-corrected chi connectivity index (χ4v) is 2.80. The zero-order chi connectivity index (χ0) is 17.0. The van der Waals surface area contributed by atoms with Gasteiger partial charge in [-0.1, -0.05) is 23.2 Å². The molecule has 1 N–H and O–H groups in total. The van der Waals surface area contributed by atoms with Crippen LogP contribution in [-0.2, 0) is 14.6 Å². The van der Waals surface area contributed by atoms with E-state index in [1.165, 1.54) is 30.3 Å². The lowest BCUT2D eigenvalue weighted by molar-refractivity contribution is -0.118. The zero-order valence-electron chi connectivity index (χ0n) is 12.0. The maximum atomic E-state index is 11.8. The lowest BCUT2D eigenvalue weighted by Crippen LogP contribution is -2.20. The number of nitrogens with one attached hydrogen (secondary N) is 1. The molecule has 23 heavy (non-hydrogen) atoms. The Hall–Kier alpha value is -1.76. The molecule has 0 aliphatic heterocycles. The van der Waals surface area contributed by atoms with Gasteiger partial charge in [0.05, 0.1) is 15.6 Å².